The molecule has 0 aliphatic carbocycles. The fourth-order valence-electron chi connectivity index (χ4n) is 2.11. The summed E-state index contributed by atoms with van der Waals surface area (Å²) in [5, 5.41) is 4.15. The molecule has 0 fully saturated rings. The number of hydrazone groups is 1. The Morgan fingerprint density at radius 2 is 1.48 bits per heavy atom. The maximum atomic E-state index is 12.2. The van der Waals surface area contributed by atoms with E-state index in [0.29, 0.717) is 11.3 Å². The van der Waals surface area contributed by atoms with Gasteiger partial charge in [0, 0.05) is 11.3 Å². The van der Waals surface area contributed by atoms with Gasteiger partial charge < -0.3 is 5.73 Å². The molecule has 1 amide bonds. The summed E-state index contributed by atoms with van der Waals surface area (Å²) in [5.41, 5.74) is 12.4. The van der Waals surface area contributed by atoms with Crippen molar-refractivity contribution in [2.24, 2.45) is 5.10 Å². The van der Waals surface area contributed by atoms with Crippen LogP contribution in [0.4, 0.5) is 5.69 Å². The van der Waals surface area contributed by atoms with Gasteiger partial charge in [-0.3, -0.25) is 4.79 Å². The van der Waals surface area contributed by atoms with Crippen molar-refractivity contribution in [1.82, 2.24) is 5.43 Å². The number of hydrogen-bond acceptors (Lipinski definition) is 3. The van der Waals surface area contributed by atoms with E-state index in [1.807, 2.05) is 43.3 Å². The molecular weight excluding hydrogens is 286 g/mol. The zero-order valence-corrected chi connectivity index (χ0v) is 14.1. The first kappa shape index (κ1) is 16.7. The number of nitrogen functional groups attached to an aromatic ring is 1. The molecule has 0 saturated heterocycles. The van der Waals surface area contributed by atoms with Gasteiger partial charge in [0.05, 0.1) is 5.71 Å². The van der Waals surface area contributed by atoms with Crippen LogP contribution in [0.2, 0.25) is 0 Å². The second-order valence-electron chi connectivity index (χ2n) is 6.59. The summed E-state index contributed by atoms with van der Waals surface area (Å²) >= 11 is 0. The Hall–Kier alpha value is -2.62. The third kappa shape index (κ3) is 4.42. The fraction of sp³-hybridized carbons (Fsp3) is 0.263. The molecule has 0 heterocycles. The quantitative estimate of drug-likeness (QED) is 0.515. The lowest BCUT2D eigenvalue weighted by molar-refractivity contribution is 0.0955. The number of nitrogens with one attached hydrogen (secondary N) is 1. The van der Waals surface area contributed by atoms with Gasteiger partial charge in [-0.15, -0.1) is 0 Å². The number of carbonyl (C=O) groups is 1. The summed E-state index contributed by atoms with van der Waals surface area (Å²) in [6, 6.07) is 15.0. The highest BCUT2D eigenvalue weighted by Crippen LogP contribution is 2.22. The lowest BCUT2D eigenvalue weighted by Gasteiger charge is -2.18. The maximum absolute atomic E-state index is 12.2. The molecule has 2 aromatic carbocycles. The Balaban J connectivity index is 2.07. The standard InChI is InChI=1S/C19H23N3O/c1-13(14-7-11-17(20)12-8-14)21-22-18(23)15-5-9-16(10-6-15)19(2,3)4/h5-12H,20H2,1-4H3,(H,22,23)/b21-13+. The van der Waals surface area contributed by atoms with Crippen molar-refractivity contribution in [2.75, 3.05) is 5.73 Å². The fourth-order valence-corrected chi connectivity index (χ4v) is 2.11. The first-order valence-electron chi connectivity index (χ1n) is 7.58. The first-order valence-corrected chi connectivity index (χ1v) is 7.58. The number of rotatable bonds is 3. The Morgan fingerprint density at radius 3 is 2.00 bits per heavy atom. The Morgan fingerprint density at radius 1 is 0.957 bits per heavy atom. The second kappa shape index (κ2) is 6.65. The first-order chi connectivity index (χ1) is 10.8. The van der Waals surface area contributed by atoms with Crippen LogP contribution in [0.25, 0.3) is 0 Å². The number of benzene rings is 2. The third-order valence-electron chi connectivity index (χ3n) is 3.67. The van der Waals surface area contributed by atoms with E-state index in [9.17, 15) is 4.79 Å². The second-order valence-corrected chi connectivity index (χ2v) is 6.59. The normalized spacial score (nSPS) is 12.1. The molecule has 0 atom stereocenters. The third-order valence-corrected chi connectivity index (χ3v) is 3.67. The van der Waals surface area contributed by atoms with E-state index in [2.05, 4.69) is 31.3 Å². The van der Waals surface area contributed by atoms with Crippen molar-refractivity contribution in [3.05, 3.63) is 65.2 Å². The van der Waals surface area contributed by atoms with Crippen molar-refractivity contribution in [2.45, 2.75) is 33.1 Å². The topological polar surface area (TPSA) is 67.5 Å². The molecule has 4 heteroatoms. The zero-order valence-electron chi connectivity index (χ0n) is 14.1. The number of nitrogens with two attached hydrogens (primary N) is 1. The molecule has 0 bridgehead atoms. The summed E-state index contributed by atoms with van der Waals surface area (Å²) in [4.78, 5) is 12.2. The Labute approximate surface area is 137 Å². The summed E-state index contributed by atoms with van der Waals surface area (Å²) in [7, 11) is 0. The summed E-state index contributed by atoms with van der Waals surface area (Å²) in [5.74, 6) is -0.222. The molecule has 0 saturated carbocycles. The van der Waals surface area contributed by atoms with Gasteiger partial charge in [0.2, 0.25) is 0 Å². The number of carbonyl (C=O) groups excluding carboxylic acids is 1. The molecule has 0 radical (unpaired) electrons. The SMILES string of the molecule is C/C(=N\NC(=O)c1ccc(C(C)(C)C)cc1)c1ccc(N)cc1. The highest BCUT2D eigenvalue weighted by atomic mass is 16.2. The van der Waals surface area contributed by atoms with E-state index in [0.717, 1.165) is 11.3 Å². The highest BCUT2D eigenvalue weighted by Gasteiger charge is 2.14. The molecule has 120 valence electrons. The van der Waals surface area contributed by atoms with Gasteiger partial charge in [0.15, 0.2) is 0 Å². The number of amides is 1. The highest BCUT2D eigenvalue weighted by molar-refractivity contribution is 6.01. The summed E-state index contributed by atoms with van der Waals surface area (Å²) in [6.45, 7) is 8.27. The van der Waals surface area contributed by atoms with Crippen LogP contribution in [-0.2, 0) is 5.41 Å². The van der Waals surface area contributed by atoms with Gasteiger partial charge in [-0.05, 0) is 47.7 Å². The zero-order chi connectivity index (χ0) is 17.0. The van der Waals surface area contributed by atoms with Crippen molar-refractivity contribution in [3.63, 3.8) is 0 Å². The predicted octanol–water partition coefficient (Wildman–Crippen LogP) is 3.72. The number of nitrogens with zero attached hydrogens (tertiary/aromatic N) is 1. The van der Waals surface area contributed by atoms with E-state index in [1.165, 1.54) is 5.56 Å². The van der Waals surface area contributed by atoms with Crippen LogP contribution in [0.1, 0.15) is 49.2 Å². The average Bonchev–Trinajstić information content (AvgIpc) is 2.52. The van der Waals surface area contributed by atoms with E-state index < -0.39 is 0 Å². The van der Waals surface area contributed by atoms with Crippen molar-refractivity contribution in [1.29, 1.82) is 0 Å². The van der Waals surface area contributed by atoms with Gasteiger partial charge in [0.1, 0.15) is 0 Å². The summed E-state index contributed by atoms with van der Waals surface area (Å²) < 4.78 is 0. The smallest absolute Gasteiger partial charge is 0.271 e. The van der Waals surface area contributed by atoms with Crippen LogP contribution in [0.3, 0.4) is 0 Å². The molecule has 0 aliphatic heterocycles. The molecule has 0 aromatic heterocycles. The minimum Gasteiger partial charge on any atom is -0.399 e. The summed E-state index contributed by atoms with van der Waals surface area (Å²) in [6.07, 6.45) is 0. The van der Waals surface area contributed by atoms with Crippen LogP contribution in [0.5, 0.6) is 0 Å². The van der Waals surface area contributed by atoms with E-state index in [1.54, 1.807) is 12.1 Å². The minimum absolute atomic E-state index is 0.0684. The van der Waals surface area contributed by atoms with E-state index in [-0.39, 0.29) is 11.3 Å². The van der Waals surface area contributed by atoms with E-state index >= 15 is 0 Å². The van der Waals surface area contributed by atoms with Gasteiger partial charge in [-0.1, -0.05) is 45.0 Å². The van der Waals surface area contributed by atoms with Crippen molar-refractivity contribution >= 4 is 17.3 Å². The minimum atomic E-state index is -0.222. The average molecular weight is 309 g/mol. The van der Waals surface area contributed by atoms with Crippen molar-refractivity contribution in [3.8, 4) is 0 Å². The van der Waals surface area contributed by atoms with Gasteiger partial charge >= 0.3 is 0 Å². The number of hydrogen-bond donors (Lipinski definition) is 2. The van der Waals surface area contributed by atoms with Gasteiger partial charge in [0.25, 0.3) is 5.91 Å². The van der Waals surface area contributed by atoms with Crippen LogP contribution in [0, 0.1) is 0 Å². The molecule has 0 unspecified atom stereocenters. The Bertz CT molecular complexity index is 708. The molecule has 23 heavy (non-hydrogen) atoms. The maximum Gasteiger partial charge on any atom is 0.271 e. The molecule has 4 nitrogen and oxygen atoms in total. The molecule has 0 spiro atoms. The van der Waals surface area contributed by atoms with Gasteiger partial charge in [-0.2, -0.15) is 5.10 Å². The molecule has 2 rings (SSSR count). The molecule has 0 aliphatic rings. The van der Waals surface area contributed by atoms with Crippen LogP contribution >= 0.6 is 0 Å². The molecule has 3 N–H and O–H groups in total. The largest absolute Gasteiger partial charge is 0.399 e. The van der Waals surface area contributed by atoms with Crippen LogP contribution < -0.4 is 11.2 Å². The van der Waals surface area contributed by atoms with E-state index in [4.69, 9.17) is 5.73 Å². The van der Waals surface area contributed by atoms with Crippen LogP contribution in [0.15, 0.2) is 53.6 Å². The lowest BCUT2D eigenvalue weighted by atomic mass is 9.87. The predicted molar refractivity (Wildman–Crippen MR) is 95.7 cm³/mol. The van der Waals surface area contributed by atoms with Gasteiger partial charge in [-0.25, -0.2) is 5.43 Å². The molecular formula is C19H23N3O. The van der Waals surface area contributed by atoms with Crippen LogP contribution in [-0.4, -0.2) is 11.6 Å². The number of anilines is 1. The monoisotopic (exact) mass is 309 g/mol. The lowest BCUT2D eigenvalue weighted by Crippen LogP contribution is -2.20. The van der Waals surface area contributed by atoms with Crippen molar-refractivity contribution < 1.29 is 4.79 Å². The Kier molecular flexibility index (Phi) is 4.84. The molecule has 2 aromatic rings.